The number of rotatable bonds is 4. The highest BCUT2D eigenvalue weighted by atomic mass is 16.5. The third-order valence-corrected chi connectivity index (χ3v) is 3.61. The van der Waals surface area contributed by atoms with E-state index < -0.39 is 5.91 Å². The van der Waals surface area contributed by atoms with Crippen molar-refractivity contribution in [3.8, 4) is 17.1 Å². The molecule has 0 aliphatic heterocycles. The smallest absolute Gasteiger partial charge is 0.316 e. The Morgan fingerprint density at radius 2 is 2.14 bits per heavy atom. The molecule has 1 aliphatic rings. The van der Waals surface area contributed by atoms with Crippen LogP contribution in [0.3, 0.4) is 0 Å². The molecule has 110 valence electrons. The topological polar surface area (TPSA) is 91.2 Å². The standard InChI is InChI=1S/C15H17N3O3/c1-9-6-7-11(14-17-15(13(16)19)21-18-14)12(8-9)20-10-4-2-3-5-10/h6-8,10H,2-5H2,1H3,(H2,16,19). The van der Waals surface area contributed by atoms with Crippen LogP contribution in [0, 0.1) is 6.92 Å². The average molecular weight is 287 g/mol. The maximum Gasteiger partial charge on any atom is 0.316 e. The predicted octanol–water partition coefficient (Wildman–Crippen LogP) is 2.47. The number of aromatic nitrogens is 2. The Bertz CT molecular complexity index is 660. The lowest BCUT2D eigenvalue weighted by Crippen LogP contribution is -2.12. The molecule has 0 spiro atoms. The van der Waals surface area contributed by atoms with Gasteiger partial charge in [0.15, 0.2) is 0 Å². The molecule has 1 heterocycles. The first-order valence-corrected chi connectivity index (χ1v) is 7.04. The first-order valence-electron chi connectivity index (χ1n) is 7.04. The maximum atomic E-state index is 11.1. The highest BCUT2D eigenvalue weighted by Crippen LogP contribution is 2.32. The van der Waals surface area contributed by atoms with Crippen LogP contribution >= 0.6 is 0 Å². The molecule has 0 radical (unpaired) electrons. The fourth-order valence-corrected chi connectivity index (χ4v) is 2.53. The number of nitrogens with zero attached hydrogens (tertiary/aromatic N) is 2. The van der Waals surface area contributed by atoms with E-state index in [-0.39, 0.29) is 12.0 Å². The fraction of sp³-hybridized carbons (Fsp3) is 0.400. The van der Waals surface area contributed by atoms with Crippen molar-refractivity contribution in [3.05, 3.63) is 29.7 Å². The molecular formula is C15H17N3O3. The van der Waals surface area contributed by atoms with Gasteiger partial charge in [0.1, 0.15) is 5.75 Å². The van der Waals surface area contributed by atoms with Gasteiger partial charge in [-0.1, -0.05) is 11.2 Å². The van der Waals surface area contributed by atoms with Crippen molar-refractivity contribution in [2.45, 2.75) is 38.7 Å². The minimum atomic E-state index is -0.737. The molecule has 1 fully saturated rings. The average Bonchev–Trinajstić information content (AvgIpc) is 3.09. The van der Waals surface area contributed by atoms with Gasteiger partial charge in [-0.2, -0.15) is 4.98 Å². The minimum Gasteiger partial charge on any atom is -0.490 e. The number of aryl methyl sites for hydroxylation is 1. The molecule has 6 nitrogen and oxygen atoms in total. The van der Waals surface area contributed by atoms with Gasteiger partial charge in [-0.05, 0) is 50.3 Å². The Labute approximate surface area is 122 Å². The van der Waals surface area contributed by atoms with Crippen LogP contribution < -0.4 is 10.5 Å². The Morgan fingerprint density at radius 3 is 2.81 bits per heavy atom. The molecule has 1 amide bonds. The van der Waals surface area contributed by atoms with Crippen LogP contribution in [0.25, 0.3) is 11.4 Å². The van der Waals surface area contributed by atoms with E-state index in [4.69, 9.17) is 15.0 Å². The van der Waals surface area contributed by atoms with Crippen LogP contribution in [-0.4, -0.2) is 22.2 Å². The summed E-state index contributed by atoms with van der Waals surface area (Å²) in [6.45, 7) is 2.00. The lowest BCUT2D eigenvalue weighted by atomic mass is 10.1. The van der Waals surface area contributed by atoms with Gasteiger partial charge in [-0.25, -0.2) is 0 Å². The lowest BCUT2D eigenvalue weighted by molar-refractivity contribution is 0.0958. The van der Waals surface area contributed by atoms with Gasteiger partial charge in [0.25, 0.3) is 0 Å². The zero-order chi connectivity index (χ0) is 14.8. The highest BCUT2D eigenvalue weighted by Gasteiger charge is 2.21. The number of carbonyl (C=O) groups is 1. The molecule has 0 unspecified atom stereocenters. The summed E-state index contributed by atoms with van der Waals surface area (Å²) in [6.07, 6.45) is 4.74. The normalized spacial score (nSPS) is 15.3. The van der Waals surface area contributed by atoms with Crippen molar-refractivity contribution in [3.63, 3.8) is 0 Å². The number of amides is 1. The summed E-state index contributed by atoms with van der Waals surface area (Å²) in [5.74, 6) is 0.104. The number of hydrogen-bond acceptors (Lipinski definition) is 5. The van der Waals surface area contributed by atoms with Gasteiger partial charge in [0, 0.05) is 0 Å². The van der Waals surface area contributed by atoms with Gasteiger partial charge in [-0.3, -0.25) is 4.79 Å². The van der Waals surface area contributed by atoms with Crippen molar-refractivity contribution in [1.82, 2.24) is 10.1 Å². The number of primary amides is 1. The van der Waals surface area contributed by atoms with Crippen molar-refractivity contribution >= 4 is 5.91 Å². The second kappa shape index (κ2) is 5.55. The lowest BCUT2D eigenvalue weighted by Gasteiger charge is -2.15. The molecule has 1 aromatic heterocycles. The number of hydrogen-bond donors (Lipinski definition) is 1. The Hall–Kier alpha value is -2.37. The number of carbonyl (C=O) groups excluding carboxylic acids is 1. The summed E-state index contributed by atoms with van der Waals surface area (Å²) in [5, 5.41) is 3.81. The van der Waals surface area contributed by atoms with Crippen LogP contribution in [-0.2, 0) is 0 Å². The highest BCUT2D eigenvalue weighted by molar-refractivity contribution is 5.88. The number of ether oxygens (including phenoxy) is 1. The summed E-state index contributed by atoms with van der Waals surface area (Å²) in [7, 11) is 0. The molecule has 2 N–H and O–H groups in total. The number of benzene rings is 1. The predicted molar refractivity (Wildman–Crippen MR) is 75.9 cm³/mol. The van der Waals surface area contributed by atoms with E-state index in [1.165, 1.54) is 12.8 Å². The second-order valence-electron chi connectivity index (χ2n) is 5.31. The number of nitrogens with two attached hydrogens (primary N) is 1. The van der Waals surface area contributed by atoms with Crippen LogP contribution in [0.5, 0.6) is 5.75 Å². The van der Waals surface area contributed by atoms with Crippen molar-refractivity contribution in [1.29, 1.82) is 0 Å². The van der Waals surface area contributed by atoms with E-state index in [1.807, 2.05) is 25.1 Å². The molecule has 1 aromatic carbocycles. The summed E-state index contributed by atoms with van der Waals surface area (Å²) >= 11 is 0. The Balaban J connectivity index is 1.94. The van der Waals surface area contributed by atoms with Gasteiger partial charge < -0.3 is 15.0 Å². The van der Waals surface area contributed by atoms with Gasteiger partial charge >= 0.3 is 11.8 Å². The van der Waals surface area contributed by atoms with E-state index in [2.05, 4.69) is 10.1 Å². The van der Waals surface area contributed by atoms with Crippen molar-refractivity contribution in [2.24, 2.45) is 5.73 Å². The zero-order valence-electron chi connectivity index (χ0n) is 11.8. The summed E-state index contributed by atoms with van der Waals surface area (Å²) in [5.41, 5.74) is 6.93. The van der Waals surface area contributed by atoms with E-state index in [9.17, 15) is 4.79 Å². The molecule has 21 heavy (non-hydrogen) atoms. The maximum absolute atomic E-state index is 11.1. The molecule has 1 aliphatic carbocycles. The molecule has 0 saturated heterocycles. The first-order chi connectivity index (χ1) is 10.1. The molecule has 2 aromatic rings. The van der Waals surface area contributed by atoms with Gasteiger partial charge in [0.05, 0.1) is 11.7 Å². The zero-order valence-corrected chi connectivity index (χ0v) is 11.8. The minimum absolute atomic E-state index is 0.197. The van der Waals surface area contributed by atoms with Crippen LogP contribution in [0.15, 0.2) is 22.7 Å². The second-order valence-corrected chi connectivity index (χ2v) is 5.31. The third kappa shape index (κ3) is 2.89. The summed E-state index contributed by atoms with van der Waals surface area (Å²) in [4.78, 5) is 15.1. The fourth-order valence-electron chi connectivity index (χ4n) is 2.53. The quantitative estimate of drug-likeness (QED) is 0.932. The molecule has 0 atom stereocenters. The third-order valence-electron chi connectivity index (χ3n) is 3.61. The summed E-state index contributed by atoms with van der Waals surface area (Å²) < 4.78 is 10.9. The van der Waals surface area contributed by atoms with E-state index in [1.54, 1.807) is 0 Å². The van der Waals surface area contributed by atoms with Crippen molar-refractivity contribution in [2.75, 3.05) is 0 Å². The van der Waals surface area contributed by atoms with E-state index in [0.29, 0.717) is 11.4 Å². The molecular weight excluding hydrogens is 270 g/mol. The monoisotopic (exact) mass is 287 g/mol. The Morgan fingerprint density at radius 1 is 1.38 bits per heavy atom. The molecule has 6 heteroatoms. The van der Waals surface area contributed by atoms with Crippen molar-refractivity contribution < 1.29 is 14.1 Å². The SMILES string of the molecule is Cc1ccc(-c2noc(C(N)=O)n2)c(OC2CCCC2)c1. The van der Waals surface area contributed by atoms with Crippen LogP contribution in [0.1, 0.15) is 41.9 Å². The molecule has 0 bridgehead atoms. The van der Waals surface area contributed by atoms with Gasteiger partial charge in [0.2, 0.25) is 5.82 Å². The molecule has 1 saturated carbocycles. The summed E-state index contributed by atoms with van der Waals surface area (Å²) in [6, 6.07) is 5.76. The van der Waals surface area contributed by atoms with Crippen LogP contribution in [0.2, 0.25) is 0 Å². The van der Waals surface area contributed by atoms with E-state index in [0.717, 1.165) is 24.2 Å². The molecule has 3 rings (SSSR count). The Kier molecular flexibility index (Phi) is 3.60. The van der Waals surface area contributed by atoms with E-state index >= 15 is 0 Å². The largest absolute Gasteiger partial charge is 0.490 e. The van der Waals surface area contributed by atoms with Gasteiger partial charge in [-0.15, -0.1) is 0 Å². The van der Waals surface area contributed by atoms with Crippen LogP contribution in [0.4, 0.5) is 0 Å². The first kappa shape index (κ1) is 13.6.